The molecule has 0 atom stereocenters. The van der Waals surface area contributed by atoms with Gasteiger partial charge in [0.1, 0.15) is 0 Å². The fourth-order valence-corrected chi connectivity index (χ4v) is 2.85. The Morgan fingerprint density at radius 2 is 1.88 bits per heavy atom. The molecule has 0 aliphatic carbocycles. The van der Waals surface area contributed by atoms with Gasteiger partial charge in [0.25, 0.3) is 0 Å². The molecule has 2 N–H and O–H groups in total. The second-order valence-corrected chi connectivity index (χ2v) is 6.39. The number of aliphatic imine (C=N–C) groups is 1. The maximum absolute atomic E-state index is 4.67. The zero-order valence-corrected chi connectivity index (χ0v) is 15.6. The minimum absolute atomic E-state index is 0.682. The molecule has 5 heteroatoms. The van der Waals surface area contributed by atoms with Crippen LogP contribution in [-0.4, -0.2) is 28.6 Å². The molecule has 0 aliphatic heterocycles. The lowest BCUT2D eigenvalue weighted by atomic mass is 10.1. The third kappa shape index (κ3) is 4.85. The van der Waals surface area contributed by atoms with Crippen molar-refractivity contribution in [2.24, 2.45) is 4.99 Å². The molecule has 2 aromatic carbocycles. The van der Waals surface area contributed by atoms with Gasteiger partial charge in [-0.15, -0.1) is 0 Å². The summed E-state index contributed by atoms with van der Waals surface area (Å²) in [6.45, 7) is 7.52. The lowest BCUT2D eigenvalue weighted by Crippen LogP contribution is -2.38. The van der Waals surface area contributed by atoms with E-state index in [2.05, 4.69) is 75.4 Å². The number of hydrogen-bond acceptors (Lipinski definition) is 2. The summed E-state index contributed by atoms with van der Waals surface area (Å²) in [6.07, 6.45) is 2.93. The number of fused-ring (bicyclic) bond motifs is 1. The SMILES string of the molecule is CCNC(=NCc1ccc(C)cc1)NCCCn1cnc2ccccc21. The van der Waals surface area contributed by atoms with Crippen molar-refractivity contribution in [3.63, 3.8) is 0 Å². The van der Waals surface area contributed by atoms with Crippen LogP contribution in [0, 0.1) is 6.92 Å². The van der Waals surface area contributed by atoms with Gasteiger partial charge in [-0.1, -0.05) is 42.0 Å². The van der Waals surface area contributed by atoms with Gasteiger partial charge in [0.05, 0.1) is 23.9 Å². The first kappa shape index (κ1) is 18.0. The summed E-state index contributed by atoms with van der Waals surface area (Å²) in [6, 6.07) is 16.8. The first-order chi connectivity index (χ1) is 12.8. The molecule has 136 valence electrons. The van der Waals surface area contributed by atoms with Crippen molar-refractivity contribution in [1.82, 2.24) is 20.2 Å². The fraction of sp³-hybridized carbons (Fsp3) is 0.333. The van der Waals surface area contributed by atoms with E-state index in [1.165, 1.54) is 16.6 Å². The van der Waals surface area contributed by atoms with Gasteiger partial charge in [-0.2, -0.15) is 0 Å². The second-order valence-electron chi connectivity index (χ2n) is 6.39. The molecule has 0 amide bonds. The lowest BCUT2D eigenvalue weighted by molar-refractivity contribution is 0.637. The Bertz CT molecular complexity index is 848. The molecule has 0 fully saturated rings. The van der Waals surface area contributed by atoms with Crippen molar-refractivity contribution in [3.05, 3.63) is 66.0 Å². The topological polar surface area (TPSA) is 54.2 Å². The summed E-state index contributed by atoms with van der Waals surface area (Å²) in [5.74, 6) is 0.864. The van der Waals surface area contributed by atoms with E-state index in [0.717, 1.165) is 37.5 Å². The van der Waals surface area contributed by atoms with Gasteiger partial charge in [0.2, 0.25) is 0 Å². The highest BCUT2D eigenvalue weighted by Gasteiger charge is 2.02. The van der Waals surface area contributed by atoms with Crippen molar-refractivity contribution in [3.8, 4) is 0 Å². The summed E-state index contributed by atoms with van der Waals surface area (Å²) >= 11 is 0. The van der Waals surface area contributed by atoms with Gasteiger partial charge < -0.3 is 15.2 Å². The maximum Gasteiger partial charge on any atom is 0.191 e. The van der Waals surface area contributed by atoms with E-state index < -0.39 is 0 Å². The van der Waals surface area contributed by atoms with Crippen molar-refractivity contribution in [1.29, 1.82) is 0 Å². The van der Waals surface area contributed by atoms with Crippen LogP contribution in [0.1, 0.15) is 24.5 Å². The smallest absolute Gasteiger partial charge is 0.191 e. The monoisotopic (exact) mass is 349 g/mol. The molecular weight excluding hydrogens is 322 g/mol. The van der Waals surface area contributed by atoms with E-state index in [9.17, 15) is 0 Å². The Hall–Kier alpha value is -2.82. The van der Waals surface area contributed by atoms with Crippen LogP contribution >= 0.6 is 0 Å². The van der Waals surface area contributed by atoms with Gasteiger partial charge in [0.15, 0.2) is 5.96 Å². The van der Waals surface area contributed by atoms with Crippen LogP contribution in [0.5, 0.6) is 0 Å². The van der Waals surface area contributed by atoms with Gasteiger partial charge in [-0.25, -0.2) is 9.98 Å². The molecule has 26 heavy (non-hydrogen) atoms. The molecule has 0 radical (unpaired) electrons. The molecule has 0 bridgehead atoms. The molecule has 1 aromatic heterocycles. The van der Waals surface area contributed by atoms with Crippen molar-refractivity contribution < 1.29 is 0 Å². The zero-order valence-electron chi connectivity index (χ0n) is 15.6. The van der Waals surface area contributed by atoms with Crippen LogP contribution in [0.4, 0.5) is 0 Å². The Morgan fingerprint density at radius 1 is 1.08 bits per heavy atom. The van der Waals surface area contributed by atoms with Crippen LogP contribution in [0.3, 0.4) is 0 Å². The Balaban J connectivity index is 1.50. The fourth-order valence-electron chi connectivity index (χ4n) is 2.85. The number of para-hydroxylation sites is 2. The lowest BCUT2D eigenvalue weighted by Gasteiger charge is -2.12. The van der Waals surface area contributed by atoms with Gasteiger partial charge in [-0.3, -0.25) is 0 Å². The average Bonchev–Trinajstić information content (AvgIpc) is 3.07. The average molecular weight is 349 g/mol. The maximum atomic E-state index is 4.67. The number of aromatic nitrogens is 2. The molecule has 3 rings (SSSR count). The summed E-state index contributed by atoms with van der Waals surface area (Å²) in [7, 11) is 0. The van der Waals surface area contributed by atoms with Gasteiger partial charge in [0, 0.05) is 19.6 Å². The van der Waals surface area contributed by atoms with Crippen molar-refractivity contribution >= 4 is 17.0 Å². The van der Waals surface area contributed by atoms with Gasteiger partial charge >= 0.3 is 0 Å². The Labute approximate surface area is 155 Å². The summed E-state index contributed by atoms with van der Waals surface area (Å²) in [5.41, 5.74) is 4.73. The third-order valence-electron chi connectivity index (χ3n) is 4.28. The number of benzene rings is 2. The Morgan fingerprint density at radius 3 is 2.69 bits per heavy atom. The summed E-state index contributed by atoms with van der Waals surface area (Å²) in [4.78, 5) is 9.11. The molecule has 0 spiro atoms. The van der Waals surface area contributed by atoms with E-state index >= 15 is 0 Å². The highest BCUT2D eigenvalue weighted by atomic mass is 15.2. The molecule has 0 saturated heterocycles. The number of hydrogen-bond donors (Lipinski definition) is 2. The number of nitrogens with one attached hydrogen (secondary N) is 2. The molecule has 0 saturated carbocycles. The molecule has 5 nitrogen and oxygen atoms in total. The number of nitrogens with zero attached hydrogens (tertiary/aromatic N) is 3. The van der Waals surface area contributed by atoms with E-state index in [4.69, 9.17) is 0 Å². The van der Waals surface area contributed by atoms with Crippen LogP contribution in [0.25, 0.3) is 11.0 Å². The number of imidazole rings is 1. The molecular formula is C21H27N5. The molecule has 1 heterocycles. The minimum atomic E-state index is 0.682. The Kier molecular flexibility index (Phi) is 6.25. The standard InChI is InChI=1S/C21H27N5/c1-3-22-21(24-15-18-11-9-17(2)10-12-18)23-13-6-14-26-16-25-19-7-4-5-8-20(19)26/h4-5,7-12,16H,3,6,13-15H2,1-2H3,(H2,22,23,24). The summed E-state index contributed by atoms with van der Waals surface area (Å²) < 4.78 is 2.20. The third-order valence-corrected chi connectivity index (χ3v) is 4.28. The largest absolute Gasteiger partial charge is 0.357 e. The van der Waals surface area contributed by atoms with E-state index in [-0.39, 0.29) is 0 Å². The van der Waals surface area contributed by atoms with Crippen LogP contribution in [-0.2, 0) is 13.1 Å². The number of guanidine groups is 1. The van der Waals surface area contributed by atoms with Crippen molar-refractivity contribution in [2.45, 2.75) is 33.4 Å². The zero-order chi connectivity index (χ0) is 18.2. The van der Waals surface area contributed by atoms with E-state index in [1.807, 2.05) is 18.5 Å². The van der Waals surface area contributed by atoms with Gasteiger partial charge in [-0.05, 0) is 38.0 Å². The first-order valence-corrected chi connectivity index (χ1v) is 9.24. The van der Waals surface area contributed by atoms with Crippen LogP contribution in [0.2, 0.25) is 0 Å². The highest BCUT2D eigenvalue weighted by molar-refractivity contribution is 5.79. The molecule has 0 unspecified atom stereocenters. The second kappa shape index (κ2) is 9.04. The number of rotatable bonds is 7. The molecule has 3 aromatic rings. The summed E-state index contributed by atoms with van der Waals surface area (Å²) in [5, 5.41) is 6.73. The van der Waals surface area contributed by atoms with Crippen LogP contribution < -0.4 is 10.6 Å². The van der Waals surface area contributed by atoms with E-state index in [0.29, 0.717) is 6.54 Å². The van der Waals surface area contributed by atoms with Crippen LogP contribution in [0.15, 0.2) is 59.9 Å². The first-order valence-electron chi connectivity index (χ1n) is 9.24. The highest BCUT2D eigenvalue weighted by Crippen LogP contribution is 2.11. The number of aryl methyl sites for hydroxylation is 2. The molecule has 0 aliphatic rings. The van der Waals surface area contributed by atoms with E-state index in [1.54, 1.807) is 0 Å². The van der Waals surface area contributed by atoms with Crippen molar-refractivity contribution in [2.75, 3.05) is 13.1 Å². The quantitative estimate of drug-likeness (QED) is 0.390. The normalized spacial score (nSPS) is 11.7. The predicted molar refractivity (Wildman–Crippen MR) is 108 cm³/mol. The predicted octanol–water partition coefficient (Wildman–Crippen LogP) is 3.49. The minimum Gasteiger partial charge on any atom is -0.357 e.